The van der Waals surface area contributed by atoms with E-state index < -0.39 is 11.9 Å². The Balaban J connectivity index is 0.000000260. The number of aryl methyl sites for hydroxylation is 1. The number of aromatic nitrogens is 2. The first-order chi connectivity index (χ1) is 12.5. The van der Waals surface area contributed by atoms with Gasteiger partial charge in [-0.25, -0.2) is 14.6 Å². The minimum absolute atomic E-state index is 0.558. The lowest BCUT2D eigenvalue weighted by atomic mass is 9.94. The summed E-state index contributed by atoms with van der Waals surface area (Å²) < 4.78 is 2.33. The molecule has 1 aliphatic carbocycles. The van der Waals surface area contributed by atoms with E-state index in [9.17, 15) is 9.59 Å². The van der Waals surface area contributed by atoms with Crippen molar-refractivity contribution in [2.24, 2.45) is 0 Å². The fraction of sp³-hybridized carbons (Fsp3) is 0.632. The van der Waals surface area contributed by atoms with E-state index in [1.807, 2.05) is 6.33 Å². The molecule has 2 aliphatic rings. The van der Waals surface area contributed by atoms with Crippen LogP contribution < -0.4 is 0 Å². The molecule has 1 atom stereocenters. The first-order valence-corrected chi connectivity index (χ1v) is 9.42. The number of imidazole rings is 1. The number of likely N-dealkylation sites (tertiary alicyclic amines) is 1. The van der Waals surface area contributed by atoms with E-state index in [2.05, 4.69) is 21.4 Å². The number of aliphatic carboxylic acids is 2. The monoisotopic (exact) mass is 363 g/mol. The zero-order chi connectivity index (χ0) is 18.9. The van der Waals surface area contributed by atoms with E-state index in [1.165, 1.54) is 69.4 Å². The average Bonchev–Trinajstić information content (AvgIpc) is 2.84. The highest BCUT2D eigenvalue weighted by Gasteiger charge is 2.27. The molecule has 1 saturated heterocycles. The van der Waals surface area contributed by atoms with Crippen LogP contribution in [-0.4, -0.2) is 55.7 Å². The molecule has 1 aliphatic heterocycles. The molecular weight excluding hydrogens is 334 g/mol. The minimum Gasteiger partial charge on any atom is -0.478 e. The van der Waals surface area contributed by atoms with Crippen LogP contribution in [0.2, 0.25) is 0 Å². The summed E-state index contributed by atoms with van der Waals surface area (Å²) in [5.41, 5.74) is 2.88. The summed E-state index contributed by atoms with van der Waals surface area (Å²) >= 11 is 0. The highest BCUT2D eigenvalue weighted by Crippen LogP contribution is 2.25. The minimum atomic E-state index is -1.26. The first-order valence-electron chi connectivity index (χ1n) is 9.42. The predicted molar refractivity (Wildman–Crippen MR) is 98.2 cm³/mol. The van der Waals surface area contributed by atoms with Crippen LogP contribution in [-0.2, 0) is 29.0 Å². The van der Waals surface area contributed by atoms with Gasteiger partial charge in [0.15, 0.2) is 0 Å². The SMILES string of the molecule is CCn1cnc2c1CCC(N1CCCCCC1)C2.O=C(O)/C=C/C(=O)O. The van der Waals surface area contributed by atoms with Crippen molar-refractivity contribution in [2.45, 2.75) is 64.5 Å². The largest absolute Gasteiger partial charge is 0.478 e. The third kappa shape index (κ3) is 5.98. The normalized spacial score (nSPS) is 20.7. The fourth-order valence-corrected chi connectivity index (χ4v) is 3.72. The summed E-state index contributed by atoms with van der Waals surface area (Å²) in [5, 5.41) is 15.6. The van der Waals surface area contributed by atoms with Crippen LogP contribution >= 0.6 is 0 Å². The van der Waals surface area contributed by atoms with Gasteiger partial charge in [-0.15, -0.1) is 0 Å². The molecule has 1 fully saturated rings. The zero-order valence-electron chi connectivity index (χ0n) is 15.4. The summed E-state index contributed by atoms with van der Waals surface area (Å²) in [6, 6.07) is 0.760. The Morgan fingerprint density at radius 3 is 2.31 bits per heavy atom. The Labute approximate surface area is 154 Å². The van der Waals surface area contributed by atoms with Crippen LogP contribution in [0.1, 0.15) is 50.4 Å². The lowest BCUT2D eigenvalue weighted by Gasteiger charge is -2.33. The molecule has 1 aromatic heterocycles. The van der Waals surface area contributed by atoms with Crippen molar-refractivity contribution in [1.29, 1.82) is 0 Å². The van der Waals surface area contributed by atoms with Gasteiger partial charge in [0.25, 0.3) is 0 Å². The third-order valence-corrected chi connectivity index (χ3v) is 5.04. The first kappa shape index (κ1) is 20.2. The van der Waals surface area contributed by atoms with Crippen molar-refractivity contribution in [1.82, 2.24) is 14.5 Å². The van der Waals surface area contributed by atoms with Crippen molar-refractivity contribution in [3.63, 3.8) is 0 Å². The van der Waals surface area contributed by atoms with E-state index in [0.29, 0.717) is 12.2 Å². The van der Waals surface area contributed by atoms with Crippen LogP contribution in [0, 0.1) is 0 Å². The Morgan fingerprint density at radius 1 is 1.15 bits per heavy atom. The Kier molecular flexibility index (Phi) is 7.84. The lowest BCUT2D eigenvalue weighted by Crippen LogP contribution is -2.40. The maximum absolute atomic E-state index is 9.55. The number of nitrogens with zero attached hydrogens (tertiary/aromatic N) is 3. The van der Waals surface area contributed by atoms with Crippen molar-refractivity contribution >= 4 is 11.9 Å². The van der Waals surface area contributed by atoms with Gasteiger partial charge in [0.1, 0.15) is 0 Å². The molecule has 26 heavy (non-hydrogen) atoms. The molecule has 2 N–H and O–H groups in total. The second-order valence-corrected chi connectivity index (χ2v) is 6.78. The van der Waals surface area contributed by atoms with E-state index >= 15 is 0 Å². The second kappa shape index (κ2) is 10.1. The number of carbonyl (C=O) groups is 2. The molecule has 0 saturated carbocycles. The lowest BCUT2D eigenvalue weighted by molar-refractivity contribution is -0.134. The van der Waals surface area contributed by atoms with E-state index in [1.54, 1.807) is 0 Å². The number of hydrogen-bond acceptors (Lipinski definition) is 4. The van der Waals surface area contributed by atoms with Crippen LogP contribution in [0.15, 0.2) is 18.5 Å². The summed E-state index contributed by atoms with van der Waals surface area (Å²) in [5.74, 6) is -2.51. The van der Waals surface area contributed by atoms with Crippen LogP contribution in [0.3, 0.4) is 0 Å². The zero-order valence-corrected chi connectivity index (χ0v) is 15.4. The van der Waals surface area contributed by atoms with Gasteiger partial charge in [0.2, 0.25) is 0 Å². The predicted octanol–water partition coefficient (Wildman–Crippen LogP) is 2.35. The molecule has 7 heteroatoms. The van der Waals surface area contributed by atoms with Crippen molar-refractivity contribution in [3.8, 4) is 0 Å². The highest BCUT2D eigenvalue weighted by molar-refractivity contribution is 5.89. The van der Waals surface area contributed by atoms with Crippen LogP contribution in [0.4, 0.5) is 0 Å². The fourth-order valence-electron chi connectivity index (χ4n) is 3.72. The Hall–Kier alpha value is -2.15. The van der Waals surface area contributed by atoms with Gasteiger partial charge in [-0.2, -0.15) is 0 Å². The number of rotatable bonds is 4. The van der Waals surface area contributed by atoms with E-state index in [0.717, 1.165) is 12.6 Å². The Morgan fingerprint density at radius 2 is 1.77 bits per heavy atom. The third-order valence-electron chi connectivity index (χ3n) is 5.04. The molecule has 3 rings (SSSR count). The van der Waals surface area contributed by atoms with Crippen molar-refractivity contribution in [2.75, 3.05) is 13.1 Å². The second-order valence-electron chi connectivity index (χ2n) is 6.78. The molecule has 1 unspecified atom stereocenters. The number of carboxylic acids is 2. The van der Waals surface area contributed by atoms with Gasteiger partial charge in [0, 0.05) is 36.9 Å². The Bertz CT molecular complexity index is 615. The molecule has 2 heterocycles. The molecule has 144 valence electrons. The van der Waals surface area contributed by atoms with Gasteiger partial charge in [-0.05, 0) is 45.7 Å². The summed E-state index contributed by atoms with van der Waals surface area (Å²) in [6.07, 6.45) is 12.5. The summed E-state index contributed by atoms with van der Waals surface area (Å²) in [6.45, 7) is 5.91. The van der Waals surface area contributed by atoms with Gasteiger partial charge in [0.05, 0.1) is 12.0 Å². The number of carboxylic acid groups (broad SMARTS) is 2. The van der Waals surface area contributed by atoms with Crippen LogP contribution in [0.25, 0.3) is 0 Å². The molecule has 0 spiro atoms. The maximum Gasteiger partial charge on any atom is 0.328 e. The van der Waals surface area contributed by atoms with E-state index in [4.69, 9.17) is 10.2 Å². The van der Waals surface area contributed by atoms with Gasteiger partial charge >= 0.3 is 11.9 Å². The molecule has 0 aromatic carbocycles. The van der Waals surface area contributed by atoms with Crippen molar-refractivity contribution in [3.05, 3.63) is 29.9 Å². The molecule has 0 amide bonds. The highest BCUT2D eigenvalue weighted by atomic mass is 16.4. The standard InChI is InChI=1S/C15H25N3.C4H4O4/c1-2-17-12-16-14-11-13(7-8-15(14)17)18-9-5-3-4-6-10-18;5-3(6)1-2-4(7)8/h12-13H,2-11H2,1H3;1-2H,(H,5,6)(H,7,8)/b;2-1+. The van der Waals surface area contributed by atoms with Gasteiger partial charge in [-0.3, -0.25) is 4.90 Å². The molecular formula is C19H29N3O4. The summed E-state index contributed by atoms with van der Waals surface area (Å²) in [7, 11) is 0. The molecule has 7 nitrogen and oxygen atoms in total. The number of fused-ring (bicyclic) bond motifs is 1. The average molecular weight is 363 g/mol. The van der Waals surface area contributed by atoms with Gasteiger partial charge in [-0.1, -0.05) is 12.8 Å². The molecule has 0 bridgehead atoms. The summed E-state index contributed by atoms with van der Waals surface area (Å²) in [4.78, 5) is 26.5. The smallest absolute Gasteiger partial charge is 0.328 e. The molecule has 1 aromatic rings. The van der Waals surface area contributed by atoms with Gasteiger partial charge < -0.3 is 14.8 Å². The van der Waals surface area contributed by atoms with E-state index in [-0.39, 0.29) is 0 Å². The topological polar surface area (TPSA) is 95.7 Å². The number of hydrogen-bond donors (Lipinski definition) is 2. The van der Waals surface area contributed by atoms with Crippen molar-refractivity contribution < 1.29 is 19.8 Å². The maximum atomic E-state index is 9.55. The van der Waals surface area contributed by atoms with Crippen LogP contribution in [0.5, 0.6) is 0 Å². The quantitative estimate of drug-likeness (QED) is 0.797. The molecule has 0 radical (unpaired) electrons.